The molecule has 0 bridgehead atoms. The smallest absolute Gasteiger partial charge is 0.322 e. The molecule has 0 saturated carbocycles. The molecule has 10 heteroatoms. The maximum atomic E-state index is 13.9. The second-order valence-electron chi connectivity index (χ2n) is 6.74. The molecule has 1 fully saturated rings. The van der Waals surface area contributed by atoms with E-state index in [2.05, 4.69) is 10.3 Å². The molecule has 1 N–H and O–H groups in total. The largest absolute Gasteiger partial charge is 0.416 e. The predicted molar refractivity (Wildman–Crippen MR) is 94.2 cm³/mol. The number of nitrogens with one attached hydrogen (secondary N) is 1. The van der Waals surface area contributed by atoms with Gasteiger partial charge in [-0.05, 0) is 44.0 Å². The molecule has 2 amide bonds. The van der Waals surface area contributed by atoms with Gasteiger partial charge in [-0.2, -0.15) is 13.2 Å². The first-order valence-electron chi connectivity index (χ1n) is 8.62. The Morgan fingerprint density at radius 3 is 2.48 bits per heavy atom. The van der Waals surface area contributed by atoms with Crippen molar-refractivity contribution >= 4 is 23.3 Å². The number of carbonyl (C=O) groups excluding carboxylic acids is 2. The molecule has 2 aromatic rings. The van der Waals surface area contributed by atoms with Crippen molar-refractivity contribution in [2.75, 3.05) is 10.2 Å². The van der Waals surface area contributed by atoms with Gasteiger partial charge >= 0.3 is 6.18 Å². The second-order valence-corrected chi connectivity index (χ2v) is 6.74. The Labute approximate surface area is 162 Å². The number of hydrogen-bond acceptors (Lipinski definition) is 3. The minimum atomic E-state index is -4.66. The standard InChI is InChI=1S/C19H16F5N3O2/c1-9-5-14(13(21)8-12(9)20)26-18(29)15-3-4-17(28)27(15)16-7-11(19(22,23)24)6-10(2)25-16/h5-8,15H,3-4H2,1-2H3,(H,26,29). The summed E-state index contributed by atoms with van der Waals surface area (Å²) in [7, 11) is 0. The normalized spacial score (nSPS) is 17.0. The molecule has 1 saturated heterocycles. The van der Waals surface area contributed by atoms with E-state index in [4.69, 9.17) is 0 Å². The van der Waals surface area contributed by atoms with Gasteiger partial charge in [0.25, 0.3) is 0 Å². The van der Waals surface area contributed by atoms with Crippen LogP contribution in [0.2, 0.25) is 0 Å². The van der Waals surface area contributed by atoms with Crippen molar-refractivity contribution in [3.63, 3.8) is 0 Å². The summed E-state index contributed by atoms with van der Waals surface area (Å²) in [5.41, 5.74) is -1.18. The predicted octanol–water partition coefficient (Wildman–Crippen LogP) is 4.13. The number of nitrogens with zero attached hydrogens (tertiary/aromatic N) is 2. The van der Waals surface area contributed by atoms with Gasteiger partial charge in [-0.15, -0.1) is 0 Å². The van der Waals surface area contributed by atoms with Gasteiger partial charge in [0.05, 0.1) is 11.3 Å². The van der Waals surface area contributed by atoms with E-state index >= 15 is 0 Å². The molecule has 3 rings (SSSR count). The van der Waals surface area contributed by atoms with Gasteiger partial charge < -0.3 is 5.32 Å². The summed E-state index contributed by atoms with van der Waals surface area (Å²) in [5, 5.41) is 2.28. The lowest BCUT2D eigenvalue weighted by Crippen LogP contribution is -2.42. The summed E-state index contributed by atoms with van der Waals surface area (Å²) in [4.78, 5) is 29.8. The Morgan fingerprint density at radius 1 is 1.14 bits per heavy atom. The molecule has 1 aliphatic rings. The number of aromatic nitrogens is 1. The summed E-state index contributed by atoms with van der Waals surface area (Å²) in [6.07, 6.45) is -4.72. The summed E-state index contributed by atoms with van der Waals surface area (Å²) < 4.78 is 66.7. The first-order valence-corrected chi connectivity index (χ1v) is 8.62. The van der Waals surface area contributed by atoms with E-state index in [-0.39, 0.29) is 35.6 Å². The first kappa shape index (κ1) is 20.7. The number of amides is 2. The number of rotatable bonds is 3. The zero-order valence-corrected chi connectivity index (χ0v) is 15.4. The average Bonchev–Trinajstić information content (AvgIpc) is 3.00. The van der Waals surface area contributed by atoms with Crippen LogP contribution in [0.5, 0.6) is 0 Å². The van der Waals surface area contributed by atoms with Crippen molar-refractivity contribution < 1.29 is 31.5 Å². The van der Waals surface area contributed by atoms with Crippen LogP contribution in [-0.4, -0.2) is 22.8 Å². The number of aryl methyl sites for hydroxylation is 2. The Morgan fingerprint density at radius 2 is 1.83 bits per heavy atom. The van der Waals surface area contributed by atoms with E-state index in [0.29, 0.717) is 12.1 Å². The molecule has 1 atom stereocenters. The molecular weight excluding hydrogens is 397 g/mol. The number of pyridine rings is 1. The summed E-state index contributed by atoms with van der Waals surface area (Å²) >= 11 is 0. The third kappa shape index (κ3) is 4.20. The second kappa shape index (κ2) is 7.41. The molecule has 2 heterocycles. The minimum absolute atomic E-state index is 0.0173. The van der Waals surface area contributed by atoms with Crippen LogP contribution in [0, 0.1) is 25.5 Å². The maximum absolute atomic E-state index is 13.9. The van der Waals surface area contributed by atoms with Crippen LogP contribution in [0.1, 0.15) is 29.7 Å². The van der Waals surface area contributed by atoms with Gasteiger partial charge in [0.2, 0.25) is 11.8 Å². The Bertz CT molecular complexity index is 991. The van der Waals surface area contributed by atoms with E-state index in [1.54, 1.807) is 0 Å². The van der Waals surface area contributed by atoms with Crippen molar-refractivity contribution in [2.45, 2.75) is 38.9 Å². The van der Waals surface area contributed by atoms with Gasteiger partial charge in [0, 0.05) is 18.2 Å². The highest BCUT2D eigenvalue weighted by molar-refractivity contribution is 6.07. The molecule has 1 aromatic heterocycles. The van der Waals surface area contributed by atoms with Crippen LogP contribution in [0.15, 0.2) is 24.3 Å². The van der Waals surface area contributed by atoms with Gasteiger partial charge in [0.15, 0.2) is 0 Å². The van der Waals surface area contributed by atoms with E-state index < -0.39 is 41.2 Å². The molecule has 5 nitrogen and oxygen atoms in total. The Balaban J connectivity index is 1.93. The lowest BCUT2D eigenvalue weighted by atomic mass is 10.1. The van der Waals surface area contributed by atoms with Gasteiger partial charge in [-0.3, -0.25) is 14.5 Å². The molecule has 1 aromatic carbocycles. The molecule has 0 spiro atoms. The topological polar surface area (TPSA) is 62.3 Å². The van der Waals surface area contributed by atoms with Crippen molar-refractivity contribution in [3.05, 3.63) is 52.7 Å². The Hall–Kier alpha value is -3.04. The maximum Gasteiger partial charge on any atom is 0.416 e. The summed E-state index contributed by atoms with van der Waals surface area (Å²) in [6.45, 7) is 2.72. The molecule has 1 unspecified atom stereocenters. The van der Waals surface area contributed by atoms with Gasteiger partial charge in [0.1, 0.15) is 23.5 Å². The number of halogens is 5. The van der Waals surface area contributed by atoms with Crippen molar-refractivity contribution in [1.82, 2.24) is 4.98 Å². The molecule has 29 heavy (non-hydrogen) atoms. The Kier molecular flexibility index (Phi) is 5.29. The van der Waals surface area contributed by atoms with Gasteiger partial charge in [-0.1, -0.05) is 0 Å². The van der Waals surface area contributed by atoms with Crippen LogP contribution >= 0.6 is 0 Å². The van der Waals surface area contributed by atoms with Gasteiger partial charge in [-0.25, -0.2) is 13.8 Å². The van der Waals surface area contributed by atoms with Crippen LogP contribution in [0.25, 0.3) is 0 Å². The van der Waals surface area contributed by atoms with Crippen molar-refractivity contribution in [1.29, 1.82) is 0 Å². The summed E-state index contributed by atoms with van der Waals surface area (Å²) in [5.74, 6) is -3.49. The highest BCUT2D eigenvalue weighted by Crippen LogP contribution is 2.34. The zero-order chi connectivity index (χ0) is 21.5. The number of carbonyl (C=O) groups is 2. The van der Waals surface area contributed by atoms with E-state index in [1.165, 1.54) is 13.8 Å². The number of anilines is 2. The van der Waals surface area contributed by atoms with Crippen LogP contribution in [0.4, 0.5) is 33.5 Å². The van der Waals surface area contributed by atoms with Crippen molar-refractivity contribution in [3.8, 4) is 0 Å². The molecule has 1 aliphatic heterocycles. The lowest BCUT2D eigenvalue weighted by molar-refractivity contribution is -0.137. The van der Waals surface area contributed by atoms with E-state index in [1.807, 2.05) is 0 Å². The minimum Gasteiger partial charge on any atom is -0.322 e. The lowest BCUT2D eigenvalue weighted by Gasteiger charge is -2.24. The quantitative estimate of drug-likeness (QED) is 0.770. The van der Waals surface area contributed by atoms with Crippen molar-refractivity contribution in [2.24, 2.45) is 0 Å². The number of alkyl halides is 3. The monoisotopic (exact) mass is 413 g/mol. The highest BCUT2D eigenvalue weighted by Gasteiger charge is 2.40. The summed E-state index contributed by atoms with van der Waals surface area (Å²) in [6, 6.07) is 2.05. The third-order valence-electron chi connectivity index (χ3n) is 4.53. The molecule has 0 radical (unpaired) electrons. The first-order chi connectivity index (χ1) is 13.5. The van der Waals surface area contributed by atoms with Crippen LogP contribution in [0.3, 0.4) is 0 Å². The number of benzene rings is 1. The van der Waals surface area contributed by atoms with Crippen LogP contribution in [-0.2, 0) is 15.8 Å². The average molecular weight is 413 g/mol. The third-order valence-corrected chi connectivity index (χ3v) is 4.53. The van der Waals surface area contributed by atoms with E-state index in [9.17, 15) is 31.5 Å². The van der Waals surface area contributed by atoms with E-state index in [0.717, 1.165) is 17.0 Å². The SMILES string of the molecule is Cc1cc(C(F)(F)F)cc(N2C(=O)CCC2C(=O)Nc2cc(C)c(F)cc2F)n1. The highest BCUT2D eigenvalue weighted by atomic mass is 19.4. The fraction of sp³-hybridized carbons (Fsp3) is 0.316. The van der Waals surface area contributed by atoms with Crippen LogP contribution < -0.4 is 10.2 Å². The fourth-order valence-corrected chi connectivity index (χ4v) is 3.13. The molecular formula is C19H16F5N3O2. The zero-order valence-electron chi connectivity index (χ0n) is 15.4. The number of hydrogen-bond donors (Lipinski definition) is 1. The molecule has 0 aliphatic carbocycles. The fourth-order valence-electron chi connectivity index (χ4n) is 3.13. The molecule has 154 valence electrons.